The number of aryl methyl sites for hydroxylation is 1. The van der Waals surface area contributed by atoms with Crippen molar-refractivity contribution in [1.82, 2.24) is 4.98 Å². The van der Waals surface area contributed by atoms with Crippen molar-refractivity contribution in [3.8, 4) is 11.1 Å². The van der Waals surface area contributed by atoms with E-state index in [0.29, 0.717) is 26.9 Å². The molecule has 0 saturated heterocycles. The number of halogens is 4. The van der Waals surface area contributed by atoms with Gasteiger partial charge >= 0.3 is 0 Å². The number of nitrogens with zero attached hydrogens (tertiary/aromatic N) is 2. The second-order valence-electron chi connectivity index (χ2n) is 7.63. The van der Waals surface area contributed by atoms with Gasteiger partial charge in [-0.3, -0.25) is 4.79 Å². The lowest BCUT2D eigenvalue weighted by atomic mass is 9.83. The highest BCUT2D eigenvalue weighted by Crippen LogP contribution is 2.37. The third-order valence-corrected chi connectivity index (χ3v) is 5.76. The van der Waals surface area contributed by atoms with E-state index in [1.807, 2.05) is 0 Å². The summed E-state index contributed by atoms with van der Waals surface area (Å²) in [6.07, 6.45) is 1.54. The Morgan fingerprint density at radius 2 is 1.63 bits per heavy atom. The van der Waals surface area contributed by atoms with E-state index in [0.717, 1.165) is 11.1 Å². The van der Waals surface area contributed by atoms with Gasteiger partial charge in [-0.1, -0.05) is 40.9 Å². The molecule has 1 aromatic heterocycles. The highest BCUT2D eigenvalue weighted by molar-refractivity contribution is 6.34. The topological polar surface area (TPSA) is 33.2 Å². The summed E-state index contributed by atoms with van der Waals surface area (Å²) in [4.78, 5) is 19.2. The molecule has 3 rings (SSSR count). The van der Waals surface area contributed by atoms with Crippen molar-refractivity contribution >= 4 is 46.4 Å². The Bertz CT molecular complexity index is 1110. The van der Waals surface area contributed by atoms with Crippen molar-refractivity contribution in [1.29, 1.82) is 0 Å². The van der Waals surface area contributed by atoms with Crippen LogP contribution in [0.5, 0.6) is 0 Å². The number of hydrogen-bond acceptors (Lipinski definition) is 2. The molecule has 0 spiro atoms. The minimum atomic E-state index is -0.919. The van der Waals surface area contributed by atoms with Crippen LogP contribution >= 0.6 is 34.8 Å². The molecule has 0 radical (unpaired) electrons. The van der Waals surface area contributed by atoms with Crippen LogP contribution in [-0.4, -0.2) is 17.9 Å². The number of hydrogen-bond donors (Lipinski definition) is 0. The zero-order chi connectivity index (χ0) is 22.2. The Morgan fingerprint density at radius 1 is 1.00 bits per heavy atom. The standard InChI is InChI=1S/C23H20Cl3FN2O/c1-13-7-17(27)5-6-18(13)19-11-21(26)28-12-20(19)29(4)22(30)23(2,3)14-8-15(24)10-16(25)9-14/h5-12H,1-4H3. The van der Waals surface area contributed by atoms with Gasteiger partial charge in [0.15, 0.2) is 0 Å². The predicted molar refractivity (Wildman–Crippen MR) is 122 cm³/mol. The lowest BCUT2D eigenvalue weighted by molar-refractivity contribution is -0.122. The summed E-state index contributed by atoms with van der Waals surface area (Å²) in [7, 11) is 1.67. The van der Waals surface area contributed by atoms with E-state index in [1.165, 1.54) is 17.0 Å². The zero-order valence-corrected chi connectivity index (χ0v) is 19.2. The SMILES string of the molecule is Cc1cc(F)ccc1-c1cc(Cl)ncc1N(C)C(=O)C(C)(C)c1cc(Cl)cc(Cl)c1. The molecule has 30 heavy (non-hydrogen) atoms. The van der Waals surface area contributed by atoms with Gasteiger partial charge < -0.3 is 4.90 Å². The van der Waals surface area contributed by atoms with Crippen molar-refractivity contribution in [2.24, 2.45) is 0 Å². The van der Waals surface area contributed by atoms with Crippen LogP contribution in [0.2, 0.25) is 15.2 Å². The Hall–Kier alpha value is -2.14. The predicted octanol–water partition coefficient (Wildman–Crippen LogP) is 7.10. The van der Waals surface area contributed by atoms with Crippen LogP contribution in [0.1, 0.15) is 25.0 Å². The van der Waals surface area contributed by atoms with Gasteiger partial charge in [-0.05, 0) is 73.9 Å². The van der Waals surface area contributed by atoms with Crippen molar-refractivity contribution in [3.05, 3.63) is 80.8 Å². The van der Waals surface area contributed by atoms with Crippen LogP contribution in [0.15, 0.2) is 48.7 Å². The normalized spacial score (nSPS) is 11.5. The van der Waals surface area contributed by atoms with Crippen LogP contribution in [0, 0.1) is 12.7 Å². The van der Waals surface area contributed by atoms with E-state index in [2.05, 4.69) is 4.98 Å². The molecule has 0 saturated carbocycles. The van der Waals surface area contributed by atoms with E-state index >= 15 is 0 Å². The third kappa shape index (κ3) is 4.46. The lowest BCUT2D eigenvalue weighted by Crippen LogP contribution is -2.41. The number of pyridine rings is 1. The van der Waals surface area contributed by atoms with Gasteiger partial charge in [-0.15, -0.1) is 0 Å². The van der Waals surface area contributed by atoms with Crippen LogP contribution in [0.4, 0.5) is 10.1 Å². The molecule has 1 amide bonds. The Morgan fingerprint density at radius 3 is 2.23 bits per heavy atom. The van der Waals surface area contributed by atoms with Gasteiger partial charge in [-0.25, -0.2) is 9.37 Å². The minimum Gasteiger partial charge on any atom is -0.313 e. The maximum absolute atomic E-state index is 13.6. The molecule has 0 bridgehead atoms. The summed E-state index contributed by atoms with van der Waals surface area (Å²) in [5, 5.41) is 1.19. The molecule has 0 aliphatic carbocycles. The fraction of sp³-hybridized carbons (Fsp3) is 0.217. The number of carbonyl (C=O) groups excluding carboxylic acids is 1. The van der Waals surface area contributed by atoms with Gasteiger partial charge in [0.1, 0.15) is 11.0 Å². The van der Waals surface area contributed by atoms with E-state index in [1.54, 1.807) is 64.3 Å². The maximum Gasteiger partial charge on any atom is 0.236 e. The number of aromatic nitrogens is 1. The van der Waals surface area contributed by atoms with Crippen molar-refractivity contribution in [3.63, 3.8) is 0 Å². The summed E-state index contributed by atoms with van der Waals surface area (Å²) < 4.78 is 13.6. The molecule has 0 unspecified atom stereocenters. The van der Waals surface area contributed by atoms with Crippen LogP contribution < -0.4 is 4.90 Å². The highest BCUT2D eigenvalue weighted by Gasteiger charge is 2.34. The molecular formula is C23H20Cl3FN2O. The molecule has 2 aromatic carbocycles. The first kappa shape index (κ1) is 22.5. The molecule has 0 atom stereocenters. The number of carbonyl (C=O) groups is 1. The summed E-state index contributed by atoms with van der Waals surface area (Å²) >= 11 is 18.4. The summed E-state index contributed by atoms with van der Waals surface area (Å²) in [6.45, 7) is 5.41. The molecule has 3 nitrogen and oxygen atoms in total. The van der Waals surface area contributed by atoms with Crippen LogP contribution in [0.3, 0.4) is 0 Å². The Balaban J connectivity index is 2.08. The molecule has 0 aliphatic heterocycles. The molecule has 0 aliphatic rings. The van der Waals surface area contributed by atoms with E-state index in [9.17, 15) is 9.18 Å². The van der Waals surface area contributed by atoms with Gasteiger partial charge in [-0.2, -0.15) is 0 Å². The second-order valence-corrected chi connectivity index (χ2v) is 8.89. The highest BCUT2D eigenvalue weighted by atomic mass is 35.5. The quantitative estimate of drug-likeness (QED) is 0.385. The molecule has 0 fully saturated rings. The number of likely N-dealkylation sites (N-methyl/N-ethyl adjacent to an activating group) is 1. The zero-order valence-electron chi connectivity index (χ0n) is 16.9. The average molecular weight is 466 g/mol. The van der Waals surface area contributed by atoms with Gasteiger partial charge in [0, 0.05) is 22.7 Å². The molecule has 156 valence electrons. The van der Waals surface area contributed by atoms with E-state index < -0.39 is 5.41 Å². The van der Waals surface area contributed by atoms with Crippen molar-refractivity contribution < 1.29 is 9.18 Å². The molecule has 7 heteroatoms. The average Bonchev–Trinajstić information content (AvgIpc) is 2.66. The Labute approximate surface area is 190 Å². The monoisotopic (exact) mass is 464 g/mol. The molecular weight excluding hydrogens is 446 g/mol. The summed E-state index contributed by atoms with van der Waals surface area (Å²) in [6, 6.07) is 11.2. The van der Waals surface area contributed by atoms with E-state index in [-0.39, 0.29) is 16.9 Å². The van der Waals surface area contributed by atoms with Gasteiger partial charge in [0.2, 0.25) is 5.91 Å². The third-order valence-electron chi connectivity index (χ3n) is 5.11. The number of anilines is 1. The van der Waals surface area contributed by atoms with Crippen LogP contribution in [-0.2, 0) is 10.2 Å². The van der Waals surface area contributed by atoms with Gasteiger partial charge in [0.25, 0.3) is 0 Å². The second kappa shape index (κ2) is 8.54. The number of amides is 1. The molecule has 1 heterocycles. The minimum absolute atomic E-state index is 0.189. The summed E-state index contributed by atoms with van der Waals surface area (Å²) in [5.41, 5.74) is 2.50. The number of rotatable bonds is 4. The fourth-order valence-corrected chi connectivity index (χ4v) is 4.09. The smallest absolute Gasteiger partial charge is 0.236 e. The Kier molecular flexibility index (Phi) is 6.42. The molecule has 0 N–H and O–H groups in total. The molecule has 3 aromatic rings. The maximum atomic E-state index is 13.6. The lowest BCUT2D eigenvalue weighted by Gasteiger charge is -2.31. The largest absolute Gasteiger partial charge is 0.313 e. The first-order valence-corrected chi connectivity index (χ1v) is 10.3. The van der Waals surface area contributed by atoms with Crippen LogP contribution in [0.25, 0.3) is 11.1 Å². The van der Waals surface area contributed by atoms with Gasteiger partial charge in [0.05, 0.1) is 17.3 Å². The van der Waals surface area contributed by atoms with E-state index in [4.69, 9.17) is 34.8 Å². The number of benzene rings is 2. The first-order chi connectivity index (χ1) is 14.0. The summed E-state index contributed by atoms with van der Waals surface area (Å²) in [5.74, 6) is -0.521. The van der Waals surface area contributed by atoms with Crippen molar-refractivity contribution in [2.45, 2.75) is 26.2 Å². The first-order valence-electron chi connectivity index (χ1n) is 9.17. The fourth-order valence-electron chi connectivity index (χ4n) is 3.40. The van der Waals surface area contributed by atoms with Crippen molar-refractivity contribution in [2.75, 3.05) is 11.9 Å².